The third kappa shape index (κ3) is 4.93. The maximum absolute atomic E-state index is 13.0. The summed E-state index contributed by atoms with van der Waals surface area (Å²) in [4.78, 5) is 11.0. The van der Waals surface area contributed by atoms with Gasteiger partial charge in [-0.3, -0.25) is 4.79 Å². The number of primary amides is 1. The summed E-state index contributed by atoms with van der Waals surface area (Å²) in [6, 6.07) is 6.12. The normalized spacial score (nSPS) is 16.9. The van der Waals surface area contributed by atoms with Crippen molar-refractivity contribution in [2.75, 3.05) is 17.7 Å². The standard InChI is InChI=1S/C16H20FN5O2S/c17-11-3-5-12(6-4-11)19-8-15-20-21-16(25-10-14(18)23)22(15)9-13-2-1-7-24-13/h3-6,13,19H,1-2,7-10H2,(H2,18,23)/t13-/m1/s1. The van der Waals surface area contributed by atoms with Crippen LogP contribution in [0.1, 0.15) is 18.7 Å². The monoisotopic (exact) mass is 365 g/mol. The van der Waals surface area contributed by atoms with Gasteiger partial charge < -0.3 is 20.4 Å². The number of nitrogens with one attached hydrogen (secondary N) is 1. The van der Waals surface area contributed by atoms with E-state index >= 15 is 0 Å². The number of nitrogens with zero attached hydrogens (tertiary/aromatic N) is 3. The molecule has 25 heavy (non-hydrogen) atoms. The van der Waals surface area contributed by atoms with Crippen molar-refractivity contribution in [1.82, 2.24) is 14.8 Å². The largest absolute Gasteiger partial charge is 0.378 e. The Morgan fingerprint density at radius 3 is 2.88 bits per heavy atom. The van der Waals surface area contributed by atoms with Crippen molar-refractivity contribution < 1.29 is 13.9 Å². The van der Waals surface area contributed by atoms with Gasteiger partial charge in [-0.2, -0.15) is 0 Å². The lowest BCUT2D eigenvalue weighted by Crippen LogP contribution is -2.20. The highest BCUT2D eigenvalue weighted by atomic mass is 32.2. The first-order valence-corrected chi connectivity index (χ1v) is 9.04. The molecule has 0 radical (unpaired) electrons. The lowest BCUT2D eigenvalue weighted by molar-refractivity contribution is -0.115. The van der Waals surface area contributed by atoms with Crippen LogP contribution in [-0.2, 0) is 22.6 Å². The molecule has 1 saturated heterocycles. The van der Waals surface area contributed by atoms with Crippen molar-refractivity contribution in [2.45, 2.75) is 37.2 Å². The molecule has 0 aliphatic carbocycles. The highest BCUT2D eigenvalue weighted by Crippen LogP contribution is 2.22. The molecule has 2 heterocycles. The van der Waals surface area contributed by atoms with E-state index in [0.717, 1.165) is 31.0 Å². The van der Waals surface area contributed by atoms with Crippen LogP contribution in [0.15, 0.2) is 29.4 Å². The lowest BCUT2D eigenvalue weighted by Gasteiger charge is -2.15. The Labute approximate surface area is 149 Å². The summed E-state index contributed by atoms with van der Waals surface area (Å²) >= 11 is 1.26. The van der Waals surface area contributed by atoms with Gasteiger partial charge in [-0.1, -0.05) is 11.8 Å². The van der Waals surface area contributed by atoms with Gasteiger partial charge in [0.15, 0.2) is 11.0 Å². The van der Waals surface area contributed by atoms with E-state index in [1.807, 2.05) is 4.57 Å². The number of amides is 1. The predicted octanol–water partition coefficient (Wildman–Crippen LogP) is 1.79. The van der Waals surface area contributed by atoms with E-state index < -0.39 is 5.91 Å². The van der Waals surface area contributed by atoms with E-state index in [4.69, 9.17) is 10.5 Å². The number of benzene rings is 1. The van der Waals surface area contributed by atoms with Crippen LogP contribution in [0.5, 0.6) is 0 Å². The number of aromatic nitrogens is 3. The average molecular weight is 365 g/mol. The second-order valence-corrected chi connectivity index (χ2v) is 6.70. The number of hydrogen-bond donors (Lipinski definition) is 2. The van der Waals surface area contributed by atoms with E-state index in [9.17, 15) is 9.18 Å². The van der Waals surface area contributed by atoms with Crippen molar-refractivity contribution in [3.05, 3.63) is 35.9 Å². The second-order valence-electron chi connectivity index (χ2n) is 5.76. The third-order valence-electron chi connectivity index (χ3n) is 3.84. The Hall–Kier alpha value is -2.13. The fourth-order valence-electron chi connectivity index (χ4n) is 2.62. The molecule has 0 bridgehead atoms. The van der Waals surface area contributed by atoms with Crippen LogP contribution in [0.4, 0.5) is 10.1 Å². The minimum Gasteiger partial charge on any atom is -0.378 e. The van der Waals surface area contributed by atoms with Gasteiger partial charge in [-0.15, -0.1) is 10.2 Å². The molecule has 1 atom stereocenters. The first-order valence-electron chi connectivity index (χ1n) is 8.06. The van der Waals surface area contributed by atoms with Crippen LogP contribution < -0.4 is 11.1 Å². The van der Waals surface area contributed by atoms with Crippen LogP contribution in [-0.4, -0.2) is 39.1 Å². The number of thioether (sulfide) groups is 1. The molecule has 1 aromatic heterocycles. The van der Waals surface area contributed by atoms with Gasteiger partial charge in [0.25, 0.3) is 0 Å². The summed E-state index contributed by atoms with van der Waals surface area (Å²) in [7, 11) is 0. The zero-order valence-corrected chi connectivity index (χ0v) is 14.5. The van der Waals surface area contributed by atoms with Crippen molar-refractivity contribution in [2.24, 2.45) is 5.73 Å². The molecule has 1 amide bonds. The van der Waals surface area contributed by atoms with E-state index in [2.05, 4.69) is 15.5 Å². The number of carbonyl (C=O) groups excluding carboxylic acids is 1. The smallest absolute Gasteiger partial charge is 0.227 e. The van der Waals surface area contributed by atoms with Gasteiger partial charge in [0.1, 0.15) is 5.82 Å². The van der Waals surface area contributed by atoms with Crippen LogP contribution >= 0.6 is 11.8 Å². The summed E-state index contributed by atoms with van der Waals surface area (Å²) in [5.41, 5.74) is 6.01. The maximum atomic E-state index is 13.0. The average Bonchev–Trinajstić information content (AvgIpc) is 3.23. The van der Waals surface area contributed by atoms with Gasteiger partial charge in [0, 0.05) is 12.3 Å². The second kappa shape index (κ2) is 8.30. The number of carbonyl (C=O) groups is 1. The summed E-state index contributed by atoms with van der Waals surface area (Å²) < 4.78 is 20.6. The quantitative estimate of drug-likeness (QED) is 0.693. The zero-order chi connectivity index (χ0) is 17.6. The lowest BCUT2D eigenvalue weighted by atomic mass is 10.2. The van der Waals surface area contributed by atoms with Crippen molar-refractivity contribution in [3.8, 4) is 0 Å². The molecule has 2 aromatic rings. The molecule has 1 fully saturated rings. The topological polar surface area (TPSA) is 95.1 Å². The Morgan fingerprint density at radius 2 is 2.20 bits per heavy atom. The van der Waals surface area contributed by atoms with Crippen LogP contribution in [0, 0.1) is 5.82 Å². The summed E-state index contributed by atoms with van der Waals surface area (Å²) in [6.45, 7) is 1.83. The highest BCUT2D eigenvalue weighted by Gasteiger charge is 2.21. The molecular formula is C16H20FN5O2S. The van der Waals surface area contributed by atoms with Crippen LogP contribution in [0.25, 0.3) is 0 Å². The number of ether oxygens (including phenoxy) is 1. The minimum absolute atomic E-state index is 0.119. The van der Waals surface area contributed by atoms with E-state index in [1.165, 1.54) is 23.9 Å². The Morgan fingerprint density at radius 1 is 1.40 bits per heavy atom. The van der Waals surface area contributed by atoms with Gasteiger partial charge in [-0.25, -0.2) is 4.39 Å². The Kier molecular flexibility index (Phi) is 5.87. The first kappa shape index (κ1) is 17.7. The molecule has 134 valence electrons. The van der Waals surface area contributed by atoms with Gasteiger partial charge >= 0.3 is 0 Å². The van der Waals surface area contributed by atoms with E-state index in [-0.39, 0.29) is 17.7 Å². The van der Waals surface area contributed by atoms with Crippen LogP contribution in [0.2, 0.25) is 0 Å². The molecule has 0 unspecified atom stereocenters. The van der Waals surface area contributed by atoms with Crippen LogP contribution in [0.3, 0.4) is 0 Å². The molecule has 1 aliphatic rings. The predicted molar refractivity (Wildman–Crippen MR) is 92.6 cm³/mol. The minimum atomic E-state index is -0.400. The van der Waals surface area contributed by atoms with Gasteiger partial charge in [0.05, 0.1) is 24.9 Å². The Bertz CT molecular complexity index is 716. The van der Waals surface area contributed by atoms with E-state index in [0.29, 0.717) is 18.2 Å². The fraction of sp³-hybridized carbons (Fsp3) is 0.438. The molecule has 3 rings (SSSR count). The molecule has 0 saturated carbocycles. The molecular weight excluding hydrogens is 345 g/mol. The zero-order valence-electron chi connectivity index (χ0n) is 13.7. The van der Waals surface area contributed by atoms with Gasteiger partial charge in [0.2, 0.25) is 5.91 Å². The fourth-order valence-corrected chi connectivity index (χ4v) is 3.32. The summed E-state index contributed by atoms with van der Waals surface area (Å²) in [5, 5.41) is 12.2. The molecule has 0 spiro atoms. The molecule has 9 heteroatoms. The molecule has 7 nitrogen and oxygen atoms in total. The van der Waals surface area contributed by atoms with E-state index in [1.54, 1.807) is 12.1 Å². The number of halogens is 1. The number of anilines is 1. The van der Waals surface area contributed by atoms with Gasteiger partial charge in [-0.05, 0) is 37.1 Å². The first-order chi connectivity index (χ1) is 12.1. The number of hydrogen-bond acceptors (Lipinski definition) is 6. The Balaban J connectivity index is 1.71. The SMILES string of the molecule is NC(=O)CSc1nnc(CNc2ccc(F)cc2)n1C[C@H]1CCCO1. The highest BCUT2D eigenvalue weighted by molar-refractivity contribution is 7.99. The molecule has 3 N–H and O–H groups in total. The number of nitrogens with two attached hydrogens (primary N) is 1. The summed E-state index contributed by atoms with van der Waals surface area (Å²) in [5.74, 6) is 0.196. The van der Waals surface area contributed by atoms with Crippen molar-refractivity contribution >= 4 is 23.4 Å². The molecule has 1 aromatic carbocycles. The number of rotatable bonds is 8. The van der Waals surface area contributed by atoms with Crippen molar-refractivity contribution in [3.63, 3.8) is 0 Å². The van der Waals surface area contributed by atoms with Crippen molar-refractivity contribution in [1.29, 1.82) is 0 Å². The third-order valence-corrected chi connectivity index (χ3v) is 4.83. The summed E-state index contributed by atoms with van der Waals surface area (Å²) in [6.07, 6.45) is 2.15. The maximum Gasteiger partial charge on any atom is 0.227 e. The molecule has 1 aliphatic heterocycles.